The minimum absolute atomic E-state index is 0.396. The lowest BCUT2D eigenvalue weighted by Gasteiger charge is -2.22. The molecule has 0 bridgehead atoms. The van der Waals surface area contributed by atoms with Crippen LogP contribution in [0.15, 0.2) is 9.64 Å². The quantitative estimate of drug-likeness (QED) is 0.603. The molecule has 1 N–H and O–H groups in total. The lowest BCUT2D eigenvalue weighted by molar-refractivity contribution is 0.410. The zero-order valence-electron chi connectivity index (χ0n) is 10.8. The molecular weight excluding hydrogens is 248 g/mol. The molecule has 0 aliphatic heterocycles. The van der Waals surface area contributed by atoms with E-state index in [0.29, 0.717) is 17.2 Å². The van der Waals surface area contributed by atoms with Crippen LogP contribution in [0.25, 0.3) is 0 Å². The highest BCUT2D eigenvalue weighted by molar-refractivity contribution is 7.99. The summed E-state index contributed by atoms with van der Waals surface area (Å²) in [5.41, 5.74) is -0.396. The van der Waals surface area contributed by atoms with E-state index in [0.717, 1.165) is 18.6 Å². The van der Waals surface area contributed by atoms with Crippen LogP contribution in [0.5, 0.6) is 0 Å². The summed E-state index contributed by atoms with van der Waals surface area (Å²) in [6, 6.07) is 2.94. The van der Waals surface area contributed by atoms with E-state index in [-0.39, 0.29) is 0 Å². The number of rotatable bonds is 7. The van der Waals surface area contributed by atoms with Gasteiger partial charge in [-0.15, -0.1) is 10.2 Å². The van der Waals surface area contributed by atoms with Crippen LogP contribution in [-0.2, 0) is 0 Å². The topological polar surface area (TPSA) is 74.7 Å². The van der Waals surface area contributed by atoms with Gasteiger partial charge in [0.1, 0.15) is 5.54 Å². The van der Waals surface area contributed by atoms with Crippen molar-refractivity contribution in [3.8, 4) is 6.07 Å². The molecule has 1 heterocycles. The minimum atomic E-state index is -0.396. The van der Waals surface area contributed by atoms with Crippen molar-refractivity contribution in [1.82, 2.24) is 15.5 Å². The predicted molar refractivity (Wildman–Crippen MR) is 69.2 cm³/mol. The largest absolute Gasteiger partial charge is 0.416 e. The molecule has 0 aromatic carbocycles. The maximum atomic E-state index is 9.22. The SMILES string of the molecule is Cc1nnc(SCCCC(C)(C#N)NC2CC2)o1. The zero-order chi connectivity index (χ0) is 13.0. The predicted octanol–water partition coefficient (Wildman–Crippen LogP) is 2.28. The fourth-order valence-corrected chi connectivity index (χ4v) is 2.50. The van der Waals surface area contributed by atoms with Crippen LogP contribution in [-0.4, -0.2) is 27.5 Å². The summed E-state index contributed by atoms with van der Waals surface area (Å²) in [4.78, 5) is 0. The summed E-state index contributed by atoms with van der Waals surface area (Å²) in [6.45, 7) is 3.76. The Balaban J connectivity index is 1.68. The lowest BCUT2D eigenvalue weighted by Crippen LogP contribution is -2.42. The van der Waals surface area contributed by atoms with Crippen molar-refractivity contribution in [2.75, 3.05) is 5.75 Å². The van der Waals surface area contributed by atoms with E-state index in [1.807, 2.05) is 6.92 Å². The van der Waals surface area contributed by atoms with Crippen LogP contribution in [0.3, 0.4) is 0 Å². The molecule has 1 aromatic rings. The second-order valence-corrected chi connectivity index (χ2v) is 5.95. The molecule has 1 saturated carbocycles. The van der Waals surface area contributed by atoms with Gasteiger partial charge >= 0.3 is 0 Å². The second kappa shape index (κ2) is 5.72. The van der Waals surface area contributed by atoms with Crippen LogP contribution in [0, 0.1) is 18.3 Å². The van der Waals surface area contributed by atoms with Crippen molar-refractivity contribution < 1.29 is 4.42 Å². The molecule has 1 aromatic heterocycles. The number of aromatic nitrogens is 2. The monoisotopic (exact) mass is 266 g/mol. The maximum absolute atomic E-state index is 9.22. The van der Waals surface area contributed by atoms with Crippen LogP contribution >= 0.6 is 11.8 Å². The lowest BCUT2D eigenvalue weighted by atomic mass is 9.98. The Kier molecular flexibility index (Phi) is 4.25. The van der Waals surface area contributed by atoms with E-state index < -0.39 is 5.54 Å². The summed E-state index contributed by atoms with van der Waals surface area (Å²) >= 11 is 1.55. The van der Waals surface area contributed by atoms with Crippen molar-refractivity contribution in [2.24, 2.45) is 0 Å². The Morgan fingerprint density at radius 2 is 2.33 bits per heavy atom. The van der Waals surface area contributed by atoms with Crippen molar-refractivity contribution >= 4 is 11.8 Å². The van der Waals surface area contributed by atoms with E-state index in [1.54, 1.807) is 18.7 Å². The fraction of sp³-hybridized carbons (Fsp3) is 0.750. The smallest absolute Gasteiger partial charge is 0.276 e. The van der Waals surface area contributed by atoms with Gasteiger partial charge in [0, 0.05) is 18.7 Å². The normalized spacial score (nSPS) is 18.3. The van der Waals surface area contributed by atoms with Crippen LogP contribution in [0.2, 0.25) is 0 Å². The third kappa shape index (κ3) is 4.00. The van der Waals surface area contributed by atoms with Gasteiger partial charge in [-0.05, 0) is 32.6 Å². The highest BCUT2D eigenvalue weighted by atomic mass is 32.2. The van der Waals surface area contributed by atoms with Gasteiger partial charge in [-0.3, -0.25) is 5.32 Å². The van der Waals surface area contributed by atoms with E-state index in [4.69, 9.17) is 4.42 Å². The third-order valence-corrected chi connectivity index (χ3v) is 3.81. The summed E-state index contributed by atoms with van der Waals surface area (Å²) < 4.78 is 5.28. The van der Waals surface area contributed by atoms with Crippen molar-refractivity contribution in [1.29, 1.82) is 5.26 Å². The van der Waals surface area contributed by atoms with E-state index in [9.17, 15) is 5.26 Å². The number of hydrogen-bond donors (Lipinski definition) is 1. The number of nitrogens with zero attached hydrogens (tertiary/aromatic N) is 3. The van der Waals surface area contributed by atoms with Gasteiger partial charge in [0.25, 0.3) is 5.22 Å². The molecule has 98 valence electrons. The highest BCUT2D eigenvalue weighted by Gasteiger charge is 2.31. The van der Waals surface area contributed by atoms with Gasteiger partial charge < -0.3 is 4.42 Å². The molecule has 5 nitrogen and oxygen atoms in total. The van der Waals surface area contributed by atoms with Crippen LogP contribution < -0.4 is 5.32 Å². The number of nitrogens with one attached hydrogen (secondary N) is 1. The molecule has 0 spiro atoms. The summed E-state index contributed by atoms with van der Waals surface area (Å²) in [7, 11) is 0. The van der Waals surface area contributed by atoms with Gasteiger partial charge in [0.05, 0.1) is 6.07 Å². The molecule has 1 aliphatic carbocycles. The van der Waals surface area contributed by atoms with Crippen molar-refractivity contribution in [3.63, 3.8) is 0 Å². The van der Waals surface area contributed by atoms with Crippen LogP contribution in [0.1, 0.15) is 38.5 Å². The molecule has 0 amide bonds. The standard InChI is InChI=1S/C12H18N4OS/c1-9-15-16-11(17-9)18-7-3-6-12(2,8-13)14-10-4-5-10/h10,14H,3-7H2,1-2H3. The van der Waals surface area contributed by atoms with Crippen molar-refractivity contribution in [2.45, 2.75) is 56.3 Å². The third-order valence-electron chi connectivity index (χ3n) is 2.90. The molecule has 1 fully saturated rings. The molecule has 18 heavy (non-hydrogen) atoms. The zero-order valence-corrected chi connectivity index (χ0v) is 11.6. The average molecular weight is 266 g/mol. The first-order chi connectivity index (χ1) is 8.61. The number of thioether (sulfide) groups is 1. The molecular formula is C12H18N4OS. The first-order valence-corrected chi connectivity index (χ1v) is 7.22. The molecule has 1 atom stereocenters. The van der Waals surface area contributed by atoms with Crippen LogP contribution in [0.4, 0.5) is 0 Å². The van der Waals surface area contributed by atoms with Gasteiger partial charge in [-0.2, -0.15) is 5.26 Å². The van der Waals surface area contributed by atoms with E-state index in [1.165, 1.54) is 12.8 Å². The number of hydrogen-bond acceptors (Lipinski definition) is 6. The Morgan fingerprint density at radius 3 is 2.89 bits per heavy atom. The van der Waals surface area contributed by atoms with Gasteiger partial charge in [-0.25, -0.2) is 0 Å². The van der Waals surface area contributed by atoms with Gasteiger partial charge in [0.15, 0.2) is 0 Å². The minimum Gasteiger partial charge on any atom is -0.416 e. The Hall–Kier alpha value is -1.06. The first-order valence-electron chi connectivity index (χ1n) is 6.23. The Labute approximate surface area is 111 Å². The molecule has 2 rings (SSSR count). The van der Waals surface area contributed by atoms with E-state index >= 15 is 0 Å². The molecule has 6 heteroatoms. The molecule has 1 aliphatic rings. The summed E-state index contributed by atoms with van der Waals surface area (Å²) in [6.07, 6.45) is 4.20. The Morgan fingerprint density at radius 1 is 1.56 bits per heavy atom. The average Bonchev–Trinajstić information content (AvgIpc) is 3.06. The maximum Gasteiger partial charge on any atom is 0.276 e. The van der Waals surface area contributed by atoms with E-state index in [2.05, 4.69) is 21.6 Å². The Bertz CT molecular complexity index is 438. The molecule has 0 radical (unpaired) electrons. The van der Waals surface area contributed by atoms with Gasteiger partial charge in [0.2, 0.25) is 5.89 Å². The van der Waals surface area contributed by atoms with Gasteiger partial charge in [-0.1, -0.05) is 11.8 Å². The van der Waals surface area contributed by atoms with Crippen molar-refractivity contribution in [3.05, 3.63) is 5.89 Å². The molecule has 1 unspecified atom stereocenters. The molecule has 0 saturated heterocycles. The number of aryl methyl sites for hydroxylation is 1. The summed E-state index contributed by atoms with van der Waals surface area (Å²) in [5.74, 6) is 1.49. The highest BCUT2D eigenvalue weighted by Crippen LogP contribution is 2.25. The first kappa shape index (κ1) is 13.4. The fourth-order valence-electron chi connectivity index (χ4n) is 1.76. The number of nitriles is 1. The second-order valence-electron chi connectivity index (χ2n) is 4.90. The summed E-state index contributed by atoms with van der Waals surface area (Å²) in [5, 5.41) is 20.9.